The fraction of sp³-hybridized carbons (Fsp3) is 0.611. The molecule has 2 N–H and O–H groups in total. The predicted octanol–water partition coefficient (Wildman–Crippen LogP) is 3.99. The monoisotopic (exact) mass is 502 g/mol. The number of nitrogens with one attached hydrogen (secondary N) is 2. The SMILES string of the molecule is CN=C(NCCCCN(C)C(C)C)NCc1ccccc1OC(F)(F)F.I. The molecule has 9 heteroatoms. The summed E-state index contributed by atoms with van der Waals surface area (Å²) in [6, 6.07) is 6.58. The van der Waals surface area contributed by atoms with Crippen LogP contribution in [0.4, 0.5) is 13.2 Å². The van der Waals surface area contributed by atoms with E-state index in [9.17, 15) is 13.2 Å². The molecule has 0 atom stereocenters. The molecule has 0 aromatic heterocycles. The molecule has 0 unspecified atom stereocenters. The van der Waals surface area contributed by atoms with Gasteiger partial charge in [0.25, 0.3) is 0 Å². The molecule has 1 rings (SSSR count). The Balaban J connectivity index is 0.00000676. The molecule has 0 saturated heterocycles. The number of benzene rings is 1. The van der Waals surface area contributed by atoms with Gasteiger partial charge in [-0.3, -0.25) is 4.99 Å². The molecule has 0 aliphatic carbocycles. The van der Waals surface area contributed by atoms with Crippen LogP contribution in [0.1, 0.15) is 32.3 Å². The van der Waals surface area contributed by atoms with E-state index in [1.807, 2.05) is 0 Å². The Morgan fingerprint density at radius 3 is 2.44 bits per heavy atom. The third-order valence-electron chi connectivity index (χ3n) is 3.98. The molecule has 0 heterocycles. The van der Waals surface area contributed by atoms with E-state index in [1.165, 1.54) is 12.1 Å². The largest absolute Gasteiger partial charge is 0.573 e. The predicted molar refractivity (Wildman–Crippen MR) is 114 cm³/mol. The van der Waals surface area contributed by atoms with Gasteiger partial charge in [-0.15, -0.1) is 37.1 Å². The number of rotatable bonds is 9. The van der Waals surface area contributed by atoms with Crippen molar-refractivity contribution in [3.05, 3.63) is 29.8 Å². The molecule has 0 saturated carbocycles. The molecular weight excluding hydrogens is 472 g/mol. The number of nitrogens with zero attached hydrogens (tertiary/aromatic N) is 2. The Morgan fingerprint density at radius 1 is 1.19 bits per heavy atom. The number of ether oxygens (including phenoxy) is 1. The van der Waals surface area contributed by atoms with E-state index in [1.54, 1.807) is 19.2 Å². The summed E-state index contributed by atoms with van der Waals surface area (Å²) < 4.78 is 41.4. The fourth-order valence-corrected chi connectivity index (χ4v) is 2.22. The highest BCUT2D eigenvalue weighted by Crippen LogP contribution is 2.25. The van der Waals surface area contributed by atoms with Crippen LogP contribution < -0.4 is 15.4 Å². The van der Waals surface area contributed by atoms with Crippen molar-refractivity contribution < 1.29 is 17.9 Å². The van der Waals surface area contributed by atoms with E-state index >= 15 is 0 Å². The van der Waals surface area contributed by atoms with Crippen LogP contribution in [0.2, 0.25) is 0 Å². The summed E-state index contributed by atoms with van der Waals surface area (Å²) in [4.78, 5) is 6.37. The zero-order chi connectivity index (χ0) is 19.6. The lowest BCUT2D eigenvalue weighted by molar-refractivity contribution is -0.274. The minimum Gasteiger partial charge on any atom is -0.405 e. The van der Waals surface area contributed by atoms with Crippen LogP contribution in [0, 0.1) is 0 Å². The first-order valence-electron chi connectivity index (χ1n) is 8.71. The molecule has 0 bridgehead atoms. The summed E-state index contributed by atoms with van der Waals surface area (Å²) in [6.07, 6.45) is -2.67. The molecule has 5 nitrogen and oxygen atoms in total. The van der Waals surface area contributed by atoms with Crippen molar-refractivity contribution >= 4 is 29.9 Å². The maximum atomic E-state index is 12.4. The van der Waals surface area contributed by atoms with Crippen LogP contribution in [0.15, 0.2) is 29.3 Å². The van der Waals surface area contributed by atoms with Crippen LogP contribution in [0.5, 0.6) is 5.75 Å². The number of alkyl halides is 3. The molecule has 1 aromatic rings. The molecular formula is C18H30F3IN4O. The third kappa shape index (κ3) is 11.3. The van der Waals surface area contributed by atoms with Crippen molar-refractivity contribution in [3.63, 3.8) is 0 Å². The average Bonchev–Trinajstić information content (AvgIpc) is 2.56. The van der Waals surface area contributed by atoms with Crippen LogP contribution in [-0.4, -0.2) is 50.4 Å². The van der Waals surface area contributed by atoms with Gasteiger partial charge < -0.3 is 20.3 Å². The molecule has 0 aliphatic heterocycles. The van der Waals surface area contributed by atoms with Crippen LogP contribution in [0.3, 0.4) is 0 Å². The van der Waals surface area contributed by atoms with Crippen molar-refractivity contribution in [3.8, 4) is 5.75 Å². The Hall–Kier alpha value is -1.23. The van der Waals surface area contributed by atoms with E-state index < -0.39 is 6.36 Å². The lowest BCUT2D eigenvalue weighted by atomic mass is 10.2. The minimum absolute atomic E-state index is 0. The Kier molecular flexibility index (Phi) is 12.4. The van der Waals surface area contributed by atoms with Gasteiger partial charge in [-0.2, -0.15) is 0 Å². The maximum Gasteiger partial charge on any atom is 0.573 e. The highest BCUT2D eigenvalue weighted by Gasteiger charge is 2.31. The average molecular weight is 502 g/mol. The van der Waals surface area contributed by atoms with Crippen molar-refractivity contribution in [1.82, 2.24) is 15.5 Å². The summed E-state index contributed by atoms with van der Waals surface area (Å²) in [7, 11) is 3.72. The van der Waals surface area contributed by atoms with Crippen LogP contribution in [0.25, 0.3) is 0 Å². The summed E-state index contributed by atoms with van der Waals surface area (Å²) in [5.41, 5.74) is 0.409. The van der Waals surface area contributed by atoms with Gasteiger partial charge in [0.05, 0.1) is 0 Å². The number of halogens is 4. The molecule has 0 radical (unpaired) electrons. The zero-order valence-electron chi connectivity index (χ0n) is 16.3. The van der Waals surface area contributed by atoms with E-state index in [4.69, 9.17) is 0 Å². The quantitative estimate of drug-likeness (QED) is 0.232. The fourth-order valence-electron chi connectivity index (χ4n) is 2.22. The second-order valence-corrected chi connectivity index (χ2v) is 6.29. The van der Waals surface area contributed by atoms with Crippen LogP contribution in [-0.2, 0) is 6.54 Å². The first-order valence-corrected chi connectivity index (χ1v) is 8.71. The van der Waals surface area contributed by atoms with Crippen molar-refractivity contribution in [2.24, 2.45) is 4.99 Å². The minimum atomic E-state index is -4.71. The number of hydrogen-bond donors (Lipinski definition) is 2. The Bertz CT molecular complexity index is 568. The van der Waals surface area contributed by atoms with Gasteiger partial charge in [0.1, 0.15) is 5.75 Å². The van der Waals surface area contributed by atoms with Crippen molar-refractivity contribution in [2.75, 3.05) is 27.2 Å². The molecule has 1 aromatic carbocycles. The van der Waals surface area contributed by atoms with Gasteiger partial charge in [0, 0.05) is 31.7 Å². The Morgan fingerprint density at radius 2 is 1.85 bits per heavy atom. The highest BCUT2D eigenvalue weighted by atomic mass is 127. The zero-order valence-corrected chi connectivity index (χ0v) is 18.6. The van der Waals surface area contributed by atoms with Gasteiger partial charge in [-0.1, -0.05) is 18.2 Å². The molecule has 0 spiro atoms. The van der Waals surface area contributed by atoms with E-state index in [2.05, 4.69) is 46.2 Å². The van der Waals surface area contributed by atoms with E-state index in [-0.39, 0.29) is 36.3 Å². The topological polar surface area (TPSA) is 48.9 Å². The molecule has 156 valence electrons. The third-order valence-corrected chi connectivity index (χ3v) is 3.98. The lowest BCUT2D eigenvalue weighted by Crippen LogP contribution is -2.37. The molecule has 0 fully saturated rings. The van der Waals surface area contributed by atoms with Gasteiger partial charge in [-0.25, -0.2) is 0 Å². The van der Waals surface area contributed by atoms with Gasteiger partial charge in [0.15, 0.2) is 5.96 Å². The second kappa shape index (κ2) is 13.0. The number of unbranched alkanes of at least 4 members (excludes halogenated alkanes) is 1. The summed E-state index contributed by atoms with van der Waals surface area (Å²) in [5.74, 6) is 0.337. The number of para-hydroxylation sites is 1. The highest BCUT2D eigenvalue weighted by molar-refractivity contribution is 14.0. The summed E-state index contributed by atoms with van der Waals surface area (Å²) in [5, 5.41) is 6.18. The van der Waals surface area contributed by atoms with Crippen molar-refractivity contribution in [2.45, 2.75) is 45.6 Å². The number of hydrogen-bond acceptors (Lipinski definition) is 3. The molecule has 0 aliphatic rings. The Labute approximate surface area is 176 Å². The van der Waals surface area contributed by atoms with Crippen molar-refractivity contribution in [1.29, 1.82) is 0 Å². The first kappa shape index (κ1) is 25.8. The maximum absolute atomic E-state index is 12.4. The van der Waals surface area contributed by atoms with Gasteiger partial charge in [-0.05, 0) is 46.3 Å². The first-order chi connectivity index (χ1) is 12.2. The normalized spacial score (nSPS) is 12.1. The van der Waals surface area contributed by atoms with Crippen LogP contribution >= 0.6 is 24.0 Å². The summed E-state index contributed by atoms with van der Waals surface area (Å²) in [6.45, 7) is 6.26. The summed E-state index contributed by atoms with van der Waals surface area (Å²) >= 11 is 0. The lowest BCUT2D eigenvalue weighted by Gasteiger charge is -2.20. The van der Waals surface area contributed by atoms with Gasteiger partial charge >= 0.3 is 6.36 Å². The second-order valence-electron chi connectivity index (χ2n) is 6.29. The van der Waals surface area contributed by atoms with E-state index in [0.717, 1.165) is 25.9 Å². The smallest absolute Gasteiger partial charge is 0.405 e. The van der Waals surface area contributed by atoms with E-state index in [0.29, 0.717) is 17.6 Å². The number of aliphatic imine (C=N–C) groups is 1. The standard InChI is InChI=1S/C18H29F3N4O.HI/c1-14(2)25(4)12-8-7-11-23-17(22-3)24-13-15-9-5-6-10-16(15)26-18(19,20)21;/h5-6,9-10,14H,7-8,11-13H2,1-4H3,(H2,22,23,24);1H. The van der Waals surface area contributed by atoms with Gasteiger partial charge in [0.2, 0.25) is 0 Å². The number of guanidine groups is 1. The molecule has 0 amide bonds. The molecule has 27 heavy (non-hydrogen) atoms.